The van der Waals surface area contributed by atoms with Gasteiger partial charge in [0, 0.05) is 22.3 Å². The highest BCUT2D eigenvalue weighted by Gasteiger charge is 2.50. The van der Waals surface area contributed by atoms with E-state index in [0.29, 0.717) is 66.5 Å². The Kier molecular flexibility index (Phi) is 27.2. The van der Waals surface area contributed by atoms with Gasteiger partial charge >= 0.3 is 11.9 Å². The van der Waals surface area contributed by atoms with Crippen molar-refractivity contribution in [3.63, 3.8) is 0 Å². The maximum Gasteiger partial charge on any atom is 0.338 e. The molecule has 0 amide bonds. The molecule has 0 aliphatic rings. The molecule has 92 heavy (non-hydrogen) atoms. The Labute approximate surface area is 564 Å². The van der Waals surface area contributed by atoms with Gasteiger partial charge in [-0.3, -0.25) is 0 Å². The molecule has 0 aliphatic heterocycles. The van der Waals surface area contributed by atoms with Crippen LogP contribution >= 0.6 is 0 Å². The lowest BCUT2D eigenvalue weighted by Crippen LogP contribution is -2.80. The van der Waals surface area contributed by atoms with Crippen LogP contribution in [0.15, 0.2) is 133 Å². The number of benzene rings is 6. The quantitative estimate of drug-likeness (QED) is 0.0250. The van der Waals surface area contributed by atoms with Crippen molar-refractivity contribution in [3.8, 4) is 0 Å². The maximum atomic E-state index is 14.3. The number of nitrogens with two attached hydrogens (primary N) is 2. The first kappa shape index (κ1) is 75.8. The molecular weight excluding hydrogens is 1190 g/mol. The Morgan fingerprint density at radius 2 is 0.478 bits per heavy atom. The zero-order valence-electron chi connectivity index (χ0n) is 61.8. The molecule has 6 aromatic rings. The summed E-state index contributed by atoms with van der Waals surface area (Å²) in [5.74, 6) is -0.426. The molecule has 0 atom stereocenters. The molecule has 0 aliphatic carbocycles. The fourth-order valence-electron chi connectivity index (χ4n) is 19.0. The summed E-state index contributed by atoms with van der Waals surface area (Å²) in [4.78, 5) is 28.5. The Bertz CT molecular complexity index is 2930. The van der Waals surface area contributed by atoms with Gasteiger partial charge in [-0.2, -0.15) is 0 Å². The topological polar surface area (TPSA) is 85.8 Å². The summed E-state index contributed by atoms with van der Waals surface area (Å²) in [5, 5.41) is 10.4. The summed E-state index contributed by atoms with van der Waals surface area (Å²) in [5.41, 5.74) is 17.3. The van der Waals surface area contributed by atoms with Crippen molar-refractivity contribution in [1.82, 2.24) is 0 Å². The average Bonchev–Trinajstić information content (AvgIpc) is 0.747. The van der Waals surface area contributed by atoms with Crippen LogP contribution in [0.4, 0.5) is 0 Å². The normalized spacial score (nSPS) is 13.0. The first-order chi connectivity index (χ1) is 43.3. The van der Waals surface area contributed by atoms with E-state index in [4.69, 9.17) is 9.47 Å². The molecule has 0 aromatic heterocycles. The van der Waals surface area contributed by atoms with Gasteiger partial charge in [-0.25, -0.2) is 9.59 Å². The molecule has 500 valence electrons. The van der Waals surface area contributed by atoms with Crippen molar-refractivity contribution in [2.45, 2.75) is 272 Å². The first-order valence-corrected chi connectivity index (χ1v) is 44.6. The molecule has 0 fully saturated rings. The van der Waals surface area contributed by atoms with Crippen molar-refractivity contribution in [1.29, 1.82) is 0 Å². The second kappa shape index (κ2) is 33.0. The van der Waals surface area contributed by atoms with Crippen LogP contribution in [0.5, 0.6) is 0 Å². The minimum atomic E-state index is -2.07. The number of esters is 2. The van der Waals surface area contributed by atoms with Crippen LogP contribution in [0.2, 0.25) is 66.5 Å². The molecule has 6 aromatic carbocycles. The zero-order chi connectivity index (χ0) is 68.2. The van der Waals surface area contributed by atoms with Crippen molar-refractivity contribution in [2.75, 3.05) is 0 Å². The molecule has 10 heteroatoms. The first-order valence-electron chi connectivity index (χ1n) is 35.6. The summed E-state index contributed by atoms with van der Waals surface area (Å²) in [6.45, 7) is 62.1. The standard InChI is InChI=1S/C82H122N2O4Si4/c1-55(2)89(56(3)4,57(5)6)77-43-75(44-78(47-77)90(58(7)8,59(9)10)60(11)12)81(85)87-53-73-39-35-71(36-40-73)51-83-49-69-31-27-67(28-32-69)25-26-68-29-33-70(34-30-68)50-84-52-72-37-41-74(42-38-72)54-88-82(86)76-45-79(91(61(13)14,62(15)16)63(17)18)48-80(46-76)92(64(19)20,65(21)22)66(23)24/h25-48,55-66,83-84H,49-54H2,1-24H3/p+2/b26-25-. The van der Waals surface area contributed by atoms with E-state index in [2.05, 4.69) is 322 Å². The monoisotopic (exact) mass is 1310 g/mol. The van der Waals surface area contributed by atoms with Crippen molar-refractivity contribution in [3.05, 3.63) is 189 Å². The molecule has 6 nitrogen and oxygen atoms in total. The molecular formula is C82H124N2O4Si4+2. The van der Waals surface area contributed by atoms with Gasteiger partial charge in [0.05, 0.1) is 43.4 Å². The van der Waals surface area contributed by atoms with E-state index < -0.39 is 32.3 Å². The predicted octanol–water partition coefficient (Wildman–Crippen LogP) is 18.6. The highest BCUT2D eigenvalue weighted by atomic mass is 28.3. The van der Waals surface area contributed by atoms with Crippen LogP contribution in [0.1, 0.15) is 231 Å². The largest absolute Gasteiger partial charge is 0.457 e. The molecule has 0 bridgehead atoms. The molecule has 0 unspecified atom stereocenters. The molecule has 6 rings (SSSR count). The van der Waals surface area contributed by atoms with Gasteiger partial charge in [-0.15, -0.1) is 0 Å². The van der Waals surface area contributed by atoms with E-state index in [1.54, 1.807) is 0 Å². The second-order valence-electron chi connectivity index (χ2n) is 31.2. The van der Waals surface area contributed by atoms with Crippen LogP contribution in [0, 0.1) is 0 Å². The van der Waals surface area contributed by atoms with Gasteiger partial charge in [-0.1, -0.05) is 308 Å². The third kappa shape index (κ3) is 16.5. The Morgan fingerprint density at radius 3 is 0.674 bits per heavy atom. The molecule has 0 radical (unpaired) electrons. The van der Waals surface area contributed by atoms with Crippen LogP contribution in [0.3, 0.4) is 0 Å². The summed E-state index contributed by atoms with van der Waals surface area (Å²) in [6.07, 6.45) is 4.38. The van der Waals surface area contributed by atoms with Crippen LogP contribution in [-0.4, -0.2) is 44.2 Å². The minimum absolute atomic E-state index is 0.213. The minimum Gasteiger partial charge on any atom is -0.457 e. The van der Waals surface area contributed by atoms with Gasteiger partial charge < -0.3 is 20.1 Å². The molecule has 4 N–H and O–H groups in total. The molecule has 0 saturated heterocycles. The number of quaternary nitrogens is 2. The van der Waals surface area contributed by atoms with Crippen LogP contribution in [0.25, 0.3) is 12.2 Å². The van der Waals surface area contributed by atoms with E-state index in [9.17, 15) is 9.59 Å². The third-order valence-electron chi connectivity index (χ3n) is 22.5. The van der Waals surface area contributed by atoms with Crippen LogP contribution < -0.4 is 31.4 Å². The summed E-state index contributed by atoms with van der Waals surface area (Å²) in [7, 11) is -8.28. The maximum absolute atomic E-state index is 14.3. The molecule has 0 spiro atoms. The number of hydrogen-bond acceptors (Lipinski definition) is 4. The second-order valence-corrected chi connectivity index (χ2v) is 54.8. The van der Waals surface area contributed by atoms with Crippen molar-refractivity contribution >= 4 is 77.1 Å². The van der Waals surface area contributed by atoms with Gasteiger partial charge in [0.15, 0.2) is 0 Å². The summed E-state index contributed by atoms with van der Waals surface area (Å²) in [6, 6.07) is 49.0. The SMILES string of the molecule is CC(C)[Si](c1cc(C(=O)OCc2ccc(C[NH2+]Cc3ccc(/C=C\c4ccc(C[NH2+]Cc5ccc(COC(=O)c6cc([Si](C(C)C)(C(C)C)C(C)C)cc([Si](C(C)C)(C(C)C)C(C)C)c6)cc5)cc4)cc3)cc2)cc([Si](C(C)C)(C(C)C)C(C)C)c1)(C(C)C)C(C)C. The smallest absolute Gasteiger partial charge is 0.338 e. The highest BCUT2D eigenvalue weighted by molar-refractivity contribution is 6.99. The van der Waals surface area contributed by atoms with E-state index >= 15 is 0 Å². The van der Waals surface area contributed by atoms with Crippen molar-refractivity contribution in [2.24, 2.45) is 0 Å². The lowest BCUT2D eigenvalue weighted by Gasteiger charge is -2.47. The zero-order valence-corrected chi connectivity index (χ0v) is 65.8. The van der Waals surface area contributed by atoms with E-state index in [0.717, 1.165) is 48.4 Å². The third-order valence-corrected chi connectivity index (χ3v) is 50.6. The number of ether oxygens (including phenoxy) is 2. The van der Waals surface area contributed by atoms with Gasteiger partial charge in [0.1, 0.15) is 39.4 Å². The number of hydrogen-bond donors (Lipinski definition) is 2. The average molecular weight is 1310 g/mol. The Hall–Kier alpha value is -5.21. The number of carbonyl (C=O) groups is 2. The fraction of sp³-hybridized carbons (Fsp3) is 0.512. The molecule has 0 saturated carbocycles. The van der Waals surface area contributed by atoms with E-state index in [1.807, 2.05) is 0 Å². The fourth-order valence-corrected chi connectivity index (χ4v) is 46.6. The lowest BCUT2D eigenvalue weighted by molar-refractivity contribution is -0.686. The Balaban J connectivity index is 0.982. The number of rotatable bonds is 32. The van der Waals surface area contributed by atoms with Crippen LogP contribution in [-0.2, 0) is 48.9 Å². The van der Waals surface area contributed by atoms with Crippen molar-refractivity contribution < 1.29 is 29.7 Å². The Morgan fingerprint density at radius 1 is 0.293 bits per heavy atom. The van der Waals surface area contributed by atoms with Gasteiger partial charge in [0.2, 0.25) is 0 Å². The highest BCUT2D eigenvalue weighted by Crippen LogP contribution is 2.46. The summed E-state index contributed by atoms with van der Waals surface area (Å²) >= 11 is 0. The lowest BCUT2D eigenvalue weighted by atomic mass is 10.1. The number of carbonyl (C=O) groups excluding carboxylic acids is 2. The van der Waals surface area contributed by atoms with Gasteiger partial charge in [-0.05, 0) is 113 Å². The molecule has 0 heterocycles. The summed E-state index contributed by atoms with van der Waals surface area (Å²) < 4.78 is 12.4. The van der Waals surface area contributed by atoms with Gasteiger partial charge in [0.25, 0.3) is 0 Å². The van der Waals surface area contributed by atoms with E-state index in [-0.39, 0.29) is 25.2 Å². The van der Waals surface area contributed by atoms with E-state index in [1.165, 1.54) is 54.1 Å². The predicted molar refractivity (Wildman–Crippen MR) is 407 cm³/mol.